The van der Waals surface area contributed by atoms with E-state index in [0.29, 0.717) is 44.6 Å². The fourth-order valence-corrected chi connectivity index (χ4v) is 5.01. The van der Waals surface area contributed by atoms with Crippen LogP contribution in [0, 0.1) is 5.41 Å². The molecule has 5 nitrogen and oxygen atoms in total. The van der Waals surface area contributed by atoms with Gasteiger partial charge < -0.3 is 10.2 Å². The molecule has 0 radical (unpaired) electrons. The van der Waals surface area contributed by atoms with Crippen LogP contribution in [0.1, 0.15) is 35.8 Å². The minimum Gasteiger partial charge on any atom is -0.356 e. The predicted molar refractivity (Wildman–Crippen MR) is 124 cm³/mol. The normalized spacial score (nSPS) is 15.5. The van der Waals surface area contributed by atoms with Crippen LogP contribution >= 0.6 is 11.3 Å². The molecule has 1 aromatic carbocycles. The molecule has 1 aliphatic heterocycles. The number of amides is 2. The summed E-state index contributed by atoms with van der Waals surface area (Å²) < 4.78 is 0. The third-order valence-electron chi connectivity index (χ3n) is 5.99. The minimum absolute atomic E-state index is 0.0650. The van der Waals surface area contributed by atoms with Gasteiger partial charge in [0.15, 0.2) is 0 Å². The van der Waals surface area contributed by atoms with Crippen LogP contribution in [-0.4, -0.2) is 41.3 Å². The van der Waals surface area contributed by atoms with E-state index in [-0.39, 0.29) is 11.8 Å². The van der Waals surface area contributed by atoms with E-state index in [2.05, 4.69) is 52.1 Å². The van der Waals surface area contributed by atoms with Gasteiger partial charge in [-0.3, -0.25) is 14.6 Å². The van der Waals surface area contributed by atoms with Crippen molar-refractivity contribution < 1.29 is 9.59 Å². The Labute approximate surface area is 187 Å². The number of carbonyl (C=O) groups excluding carboxylic acids is 2. The second-order valence-electron chi connectivity index (χ2n) is 8.00. The summed E-state index contributed by atoms with van der Waals surface area (Å²) >= 11 is 1.72. The number of pyridine rings is 1. The summed E-state index contributed by atoms with van der Waals surface area (Å²) in [6.45, 7) is 3.66. The SMILES string of the molecule is CCNC(=O)C1(Cc2cccc(-c3cccs3)c2)CCN(C(=O)c2ccccn2)CC1. The molecule has 4 rings (SSSR count). The molecule has 3 aromatic rings. The van der Waals surface area contributed by atoms with Gasteiger partial charge in [-0.2, -0.15) is 0 Å². The number of hydrogen-bond donors (Lipinski definition) is 1. The third-order valence-corrected chi connectivity index (χ3v) is 6.90. The molecule has 0 bridgehead atoms. The van der Waals surface area contributed by atoms with Gasteiger partial charge in [0.1, 0.15) is 5.69 Å². The van der Waals surface area contributed by atoms with Crippen molar-refractivity contribution in [3.05, 3.63) is 77.4 Å². The highest BCUT2D eigenvalue weighted by atomic mass is 32.1. The zero-order valence-corrected chi connectivity index (χ0v) is 18.5. The average molecular weight is 434 g/mol. The van der Waals surface area contributed by atoms with Crippen molar-refractivity contribution in [2.75, 3.05) is 19.6 Å². The van der Waals surface area contributed by atoms with Gasteiger partial charge in [0, 0.05) is 30.7 Å². The Morgan fingerprint density at radius 3 is 2.61 bits per heavy atom. The lowest BCUT2D eigenvalue weighted by molar-refractivity contribution is -0.133. The Morgan fingerprint density at radius 1 is 1.10 bits per heavy atom. The number of nitrogens with zero attached hydrogens (tertiary/aromatic N) is 2. The van der Waals surface area contributed by atoms with E-state index in [4.69, 9.17) is 0 Å². The van der Waals surface area contributed by atoms with Crippen molar-refractivity contribution >= 4 is 23.2 Å². The van der Waals surface area contributed by atoms with E-state index in [0.717, 1.165) is 5.56 Å². The van der Waals surface area contributed by atoms with Crippen molar-refractivity contribution in [1.29, 1.82) is 0 Å². The molecule has 1 fully saturated rings. The molecule has 160 valence electrons. The highest BCUT2D eigenvalue weighted by molar-refractivity contribution is 7.13. The Hall–Kier alpha value is -2.99. The van der Waals surface area contributed by atoms with Crippen molar-refractivity contribution in [3.63, 3.8) is 0 Å². The first-order valence-electron chi connectivity index (χ1n) is 10.7. The first-order chi connectivity index (χ1) is 15.1. The van der Waals surface area contributed by atoms with E-state index >= 15 is 0 Å². The number of likely N-dealkylation sites (tertiary alicyclic amines) is 1. The summed E-state index contributed by atoms with van der Waals surface area (Å²) in [6.07, 6.45) is 3.59. The second kappa shape index (κ2) is 9.43. The van der Waals surface area contributed by atoms with Gasteiger partial charge in [0.2, 0.25) is 5.91 Å². The molecule has 0 aliphatic carbocycles. The first kappa shape index (κ1) is 21.2. The molecule has 1 aliphatic rings. The molecular formula is C25H27N3O2S. The summed E-state index contributed by atoms with van der Waals surface area (Å²) in [5.41, 5.74) is 2.28. The van der Waals surface area contributed by atoms with Gasteiger partial charge in [-0.25, -0.2) is 0 Å². The first-order valence-corrected chi connectivity index (χ1v) is 11.6. The highest BCUT2D eigenvalue weighted by Gasteiger charge is 2.42. The molecule has 31 heavy (non-hydrogen) atoms. The Bertz CT molecular complexity index is 1030. The van der Waals surface area contributed by atoms with Gasteiger partial charge >= 0.3 is 0 Å². The second-order valence-corrected chi connectivity index (χ2v) is 8.95. The number of hydrogen-bond acceptors (Lipinski definition) is 4. The lowest BCUT2D eigenvalue weighted by Gasteiger charge is -2.40. The summed E-state index contributed by atoms with van der Waals surface area (Å²) in [6, 6.07) is 18.0. The van der Waals surface area contributed by atoms with Crippen molar-refractivity contribution in [3.8, 4) is 10.4 Å². The molecule has 1 saturated heterocycles. The van der Waals surface area contributed by atoms with Crippen LogP contribution in [0.15, 0.2) is 66.2 Å². The zero-order valence-electron chi connectivity index (χ0n) is 17.7. The van der Waals surface area contributed by atoms with E-state index in [1.165, 1.54) is 10.4 Å². The van der Waals surface area contributed by atoms with E-state index in [1.807, 2.05) is 17.9 Å². The molecule has 0 spiro atoms. The molecule has 3 heterocycles. The van der Waals surface area contributed by atoms with Crippen LogP contribution in [0.5, 0.6) is 0 Å². The van der Waals surface area contributed by atoms with Crippen molar-refractivity contribution in [2.24, 2.45) is 5.41 Å². The fraction of sp³-hybridized carbons (Fsp3) is 0.320. The number of nitrogens with one attached hydrogen (secondary N) is 1. The van der Waals surface area contributed by atoms with E-state index in [9.17, 15) is 9.59 Å². The maximum absolute atomic E-state index is 13.2. The number of piperidine rings is 1. The molecular weight excluding hydrogens is 406 g/mol. The minimum atomic E-state index is -0.509. The summed E-state index contributed by atoms with van der Waals surface area (Å²) in [5.74, 6) is 0.0197. The monoisotopic (exact) mass is 433 g/mol. The molecule has 1 N–H and O–H groups in total. The van der Waals surface area contributed by atoms with Crippen LogP contribution in [-0.2, 0) is 11.2 Å². The molecule has 2 amide bonds. The van der Waals surface area contributed by atoms with E-state index < -0.39 is 5.41 Å². The van der Waals surface area contributed by atoms with Crippen LogP contribution in [0.2, 0.25) is 0 Å². The van der Waals surface area contributed by atoms with Crippen LogP contribution in [0.3, 0.4) is 0 Å². The predicted octanol–water partition coefficient (Wildman–Crippen LogP) is 4.41. The lowest BCUT2D eigenvalue weighted by atomic mass is 9.72. The Kier molecular flexibility index (Phi) is 6.47. The number of aromatic nitrogens is 1. The fourth-order valence-electron chi connectivity index (χ4n) is 4.29. The Morgan fingerprint density at radius 2 is 1.94 bits per heavy atom. The summed E-state index contributed by atoms with van der Waals surface area (Å²) in [7, 11) is 0. The number of rotatable bonds is 6. The molecule has 6 heteroatoms. The number of benzene rings is 1. The van der Waals surface area contributed by atoms with Gasteiger partial charge in [-0.05, 0) is 60.9 Å². The van der Waals surface area contributed by atoms with Crippen LogP contribution < -0.4 is 5.32 Å². The third kappa shape index (κ3) is 4.69. The van der Waals surface area contributed by atoms with Crippen molar-refractivity contribution in [2.45, 2.75) is 26.2 Å². The smallest absolute Gasteiger partial charge is 0.272 e. The maximum atomic E-state index is 13.2. The molecule has 2 aromatic heterocycles. The standard InChI is InChI=1S/C25H27N3O2S/c1-2-26-24(30)25(18-19-7-5-8-20(17-19)22-10-6-16-31-22)11-14-28(15-12-25)23(29)21-9-3-4-13-27-21/h3-10,13,16-17H,2,11-12,14-15,18H2,1H3,(H,26,30). The summed E-state index contributed by atoms with van der Waals surface area (Å²) in [4.78, 5) is 33.2. The number of carbonyl (C=O) groups is 2. The van der Waals surface area contributed by atoms with Gasteiger partial charge in [-0.15, -0.1) is 11.3 Å². The quantitative estimate of drug-likeness (QED) is 0.626. The van der Waals surface area contributed by atoms with Crippen LogP contribution in [0.25, 0.3) is 10.4 Å². The maximum Gasteiger partial charge on any atom is 0.272 e. The van der Waals surface area contributed by atoms with Crippen LogP contribution in [0.4, 0.5) is 0 Å². The largest absolute Gasteiger partial charge is 0.356 e. The topological polar surface area (TPSA) is 62.3 Å². The number of thiophene rings is 1. The van der Waals surface area contributed by atoms with Crippen molar-refractivity contribution in [1.82, 2.24) is 15.2 Å². The lowest BCUT2D eigenvalue weighted by Crippen LogP contribution is -2.51. The van der Waals surface area contributed by atoms with E-state index in [1.54, 1.807) is 29.7 Å². The average Bonchev–Trinajstić information content (AvgIpc) is 3.35. The molecule has 0 saturated carbocycles. The zero-order chi connectivity index (χ0) is 21.7. The van der Waals surface area contributed by atoms with Gasteiger partial charge in [0.05, 0.1) is 5.41 Å². The molecule has 0 unspecified atom stereocenters. The summed E-state index contributed by atoms with van der Waals surface area (Å²) in [5, 5.41) is 5.12. The molecule has 0 atom stereocenters. The highest BCUT2D eigenvalue weighted by Crippen LogP contribution is 2.37. The van der Waals surface area contributed by atoms with Gasteiger partial charge in [-0.1, -0.05) is 36.4 Å². The Balaban J connectivity index is 1.53. The van der Waals surface area contributed by atoms with Gasteiger partial charge in [0.25, 0.3) is 5.91 Å².